The number of carbonyl (C=O) groups is 2. The monoisotopic (exact) mass is 497 g/mol. The molecule has 5 rings (SSSR count). The Bertz CT molecular complexity index is 1520. The van der Waals surface area contributed by atoms with E-state index in [1.54, 1.807) is 19.1 Å². The number of hydrogen-bond acceptors (Lipinski definition) is 6. The van der Waals surface area contributed by atoms with Crippen LogP contribution >= 0.6 is 0 Å². The molecule has 1 N–H and O–H groups in total. The van der Waals surface area contributed by atoms with Gasteiger partial charge in [-0.05, 0) is 43.4 Å². The topological polar surface area (TPSA) is 85.6 Å². The van der Waals surface area contributed by atoms with Gasteiger partial charge in [-0.15, -0.1) is 0 Å². The summed E-state index contributed by atoms with van der Waals surface area (Å²) >= 11 is 0. The molecule has 2 aromatic carbocycles. The summed E-state index contributed by atoms with van der Waals surface area (Å²) in [5, 5.41) is 3.74. The summed E-state index contributed by atoms with van der Waals surface area (Å²) in [5.41, 5.74) is 4.32. The van der Waals surface area contributed by atoms with Gasteiger partial charge in [0.15, 0.2) is 11.2 Å². The van der Waals surface area contributed by atoms with E-state index in [0.717, 1.165) is 16.8 Å². The average molecular weight is 498 g/mol. The third-order valence-electron chi connectivity index (χ3n) is 7.19. The van der Waals surface area contributed by atoms with Crippen LogP contribution in [0.1, 0.15) is 56.2 Å². The molecule has 0 saturated carbocycles. The summed E-state index contributed by atoms with van der Waals surface area (Å²) in [4.78, 5) is 40.8. The first-order valence-corrected chi connectivity index (χ1v) is 12.6. The first kappa shape index (κ1) is 24.8. The molecule has 3 aromatic rings. The van der Waals surface area contributed by atoms with Crippen LogP contribution in [0, 0.1) is 12.3 Å². The third-order valence-corrected chi connectivity index (χ3v) is 7.19. The third kappa shape index (κ3) is 4.76. The van der Waals surface area contributed by atoms with Crippen molar-refractivity contribution < 1.29 is 18.7 Å². The first-order valence-electron chi connectivity index (χ1n) is 12.6. The Morgan fingerprint density at radius 2 is 1.84 bits per heavy atom. The predicted molar refractivity (Wildman–Crippen MR) is 142 cm³/mol. The van der Waals surface area contributed by atoms with Gasteiger partial charge in [0.2, 0.25) is 0 Å². The van der Waals surface area contributed by atoms with Crippen molar-refractivity contribution >= 4 is 22.7 Å². The van der Waals surface area contributed by atoms with Crippen LogP contribution in [0.25, 0.3) is 11.0 Å². The van der Waals surface area contributed by atoms with Crippen molar-refractivity contribution in [3.63, 3.8) is 0 Å². The Morgan fingerprint density at radius 3 is 2.59 bits per heavy atom. The number of benzene rings is 2. The van der Waals surface area contributed by atoms with Crippen LogP contribution in [-0.4, -0.2) is 18.4 Å². The van der Waals surface area contributed by atoms with E-state index in [1.165, 1.54) is 6.26 Å². The van der Waals surface area contributed by atoms with Gasteiger partial charge in [-0.2, -0.15) is 0 Å². The minimum absolute atomic E-state index is 0.0745. The summed E-state index contributed by atoms with van der Waals surface area (Å²) in [5.74, 6) is -1.47. The van der Waals surface area contributed by atoms with Crippen LogP contribution in [0.15, 0.2) is 86.5 Å². The molecule has 2 heterocycles. The lowest BCUT2D eigenvalue weighted by Crippen LogP contribution is -2.39. The fraction of sp³-hybridized carbons (Fsp3) is 0.323. The predicted octanol–water partition coefficient (Wildman–Crippen LogP) is 5.49. The number of ether oxygens (including phenoxy) is 1. The molecule has 0 fully saturated rings. The average Bonchev–Trinajstić information content (AvgIpc) is 2.83. The zero-order valence-electron chi connectivity index (χ0n) is 21.6. The van der Waals surface area contributed by atoms with E-state index in [-0.39, 0.29) is 34.4 Å². The van der Waals surface area contributed by atoms with Gasteiger partial charge in [0, 0.05) is 35.4 Å². The molecular weight excluding hydrogens is 466 g/mol. The van der Waals surface area contributed by atoms with Crippen molar-refractivity contribution in [3.8, 4) is 0 Å². The van der Waals surface area contributed by atoms with Crippen molar-refractivity contribution in [1.82, 2.24) is 5.32 Å². The molecule has 0 unspecified atom stereocenters. The van der Waals surface area contributed by atoms with Gasteiger partial charge in [0.1, 0.15) is 5.58 Å². The van der Waals surface area contributed by atoms with E-state index in [2.05, 4.69) is 5.32 Å². The summed E-state index contributed by atoms with van der Waals surface area (Å²) in [6, 6.07) is 15.2. The lowest BCUT2D eigenvalue weighted by molar-refractivity contribution is -0.139. The number of rotatable bonds is 5. The molecule has 6 heteroatoms. The maximum absolute atomic E-state index is 13.8. The van der Waals surface area contributed by atoms with Gasteiger partial charge in [0.05, 0.1) is 29.7 Å². The number of esters is 1. The van der Waals surface area contributed by atoms with Gasteiger partial charge < -0.3 is 14.5 Å². The smallest absolute Gasteiger partial charge is 0.336 e. The van der Waals surface area contributed by atoms with Crippen LogP contribution in [0.5, 0.6) is 0 Å². The maximum atomic E-state index is 13.8. The molecule has 0 amide bonds. The summed E-state index contributed by atoms with van der Waals surface area (Å²) in [6.45, 7) is 7.98. The second-order valence-corrected chi connectivity index (χ2v) is 10.8. The second kappa shape index (κ2) is 9.51. The minimum Gasteiger partial charge on any atom is -0.464 e. The molecule has 2 aliphatic rings. The van der Waals surface area contributed by atoms with Crippen molar-refractivity contribution in [3.05, 3.63) is 104 Å². The number of allylic oxidation sites excluding steroid dienone is 3. The molecule has 0 radical (unpaired) electrons. The summed E-state index contributed by atoms with van der Waals surface area (Å²) in [6.07, 6.45) is 2.93. The maximum Gasteiger partial charge on any atom is 0.336 e. The zero-order valence-corrected chi connectivity index (χ0v) is 21.6. The molecule has 1 atom stereocenters. The Balaban J connectivity index is 1.58. The molecule has 0 bridgehead atoms. The Morgan fingerprint density at radius 1 is 1.08 bits per heavy atom. The van der Waals surface area contributed by atoms with Crippen LogP contribution < -0.4 is 10.7 Å². The van der Waals surface area contributed by atoms with Gasteiger partial charge in [-0.25, -0.2) is 4.79 Å². The number of fused-ring (bicyclic) bond motifs is 1. The van der Waals surface area contributed by atoms with Crippen LogP contribution in [0.2, 0.25) is 0 Å². The fourth-order valence-electron chi connectivity index (χ4n) is 5.46. The number of hydrogen-bond donors (Lipinski definition) is 1. The number of dihydropyridines is 1. The second-order valence-electron chi connectivity index (χ2n) is 10.8. The molecule has 0 saturated heterocycles. The lowest BCUT2D eigenvalue weighted by atomic mass is 9.68. The fourth-order valence-corrected chi connectivity index (χ4v) is 5.46. The highest BCUT2D eigenvalue weighted by atomic mass is 16.5. The van der Waals surface area contributed by atoms with Gasteiger partial charge in [-0.3, -0.25) is 9.59 Å². The highest BCUT2D eigenvalue weighted by molar-refractivity contribution is 6.04. The standard InChI is InChI=1S/C31H31NO5/c1-18-10-11-25-21(14-18)29(34)22(17-37-25)27-26(30(35)36-13-12-20-8-6-5-7-9-20)19(2)32-23-15-31(3,4)16-24(33)28(23)27/h5-11,14,17,27,32H,12-13,15-16H2,1-4H3/t27-/m1/s1. The number of Topliss-reactive ketones (excluding diaryl/α,β-unsaturated/α-hetero) is 1. The van der Waals surface area contributed by atoms with E-state index in [9.17, 15) is 14.4 Å². The zero-order chi connectivity index (χ0) is 26.3. The quantitative estimate of drug-likeness (QED) is 0.469. The van der Waals surface area contributed by atoms with E-state index >= 15 is 0 Å². The normalized spacial score (nSPS) is 19.0. The van der Waals surface area contributed by atoms with Gasteiger partial charge >= 0.3 is 5.97 Å². The van der Waals surface area contributed by atoms with Crippen LogP contribution in [0.4, 0.5) is 0 Å². The minimum atomic E-state index is -0.856. The number of ketones is 1. The lowest BCUT2D eigenvalue weighted by Gasteiger charge is -2.39. The van der Waals surface area contributed by atoms with E-state index in [1.807, 2.05) is 57.2 Å². The Hall–Kier alpha value is -3.93. The highest BCUT2D eigenvalue weighted by Gasteiger charge is 2.44. The summed E-state index contributed by atoms with van der Waals surface area (Å²) < 4.78 is 11.6. The molecule has 1 aliphatic carbocycles. The van der Waals surface area contributed by atoms with Crippen molar-refractivity contribution in [2.24, 2.45) is 5.41 Å². The SMILES string of the molecule is CC1=C(C(=O)OCCc2ccccc2)[C@@H](c2coc3ccc(C)cc3c2=O)C2=C(CC(C)(C)CC2=O)N1. The Kier molecular flexibility index (Phi) is 6.36. The molecule has 37 heavy (non-hydrogen) atoms. The molecular formula is C31H31NO5. The summed E-state index contributed by atoms with van der Waals surface area (Å²) in [7, 11) is 0. The molecule has 1 aromatic heterocycles. The Labute approximate surface area is 216 Å². The van der Waals surface area contributed by atoms with Crippen molar-refractivity contribution in [2.45, 2.75) is 52.9 Å². The van der Waals surface area contributed by atoms with Crippen LogP contribution in [0.3, 0.4) is 0 Å². The van der Waals surface area contributed by atoms with E-state index in [4.69, 9.17) is 9.15 Å². The first-order chi connectivity index (χ1) is 17.6. The molecule has 1 aliphatic heterocycles. The van der Waals surface area contributed by atoms with Gasteiger partial charge in [0.25, 0.3) is 0 Å². The van der Waals surface area contributed by atoms with Crippen molar-refractivity contribution in [2.75, 3.05) is 6.61 Å². The molecule has 0 spiro atoms. The largest absolute Gasteiger partial charge is 0.464 e. The number of carbonyl (C=O) groups excluding carboxylic acids is 2. The van der Waals surface area contributed by atoms with Crippen molar-refractivity contribution in [1.29, 1.82) is 0 Å². The molecule has 6 nitrogen and oxygen atoms in total. The number of aryl methyl sites for hydroxylation is 1. The molecule has 190 valence electrons. The van der Waals surface area contributed by atoms with Crippen LogP contribution in [-0.2, 0) is 20.7 Å². The van der Waals surface area contributed by atoms with E-state index < -0.39 is 11.9 Å². The highest BCUT2D eigenvalue weighted by Crippen LogP contribution is 2.46. The van der Waals surface area contributed by atoms with E-state index in [0.29, 0.717) is 41.5 Å². The van der Waals surface area contributed by atoms with Gasteiger partial charge in [-0.1, -0.05) is 55.8 Å². The number of nitrogens with one attached hydrogen (secondary N) is 1.